The highest BCUT2D eigenvalue weighted by atomic mass is 32.2. The number of carboxylic acid groups (broad SMARTS) is 1. The first-order valence-corrected chi connectivity index (χ1v) is 6.28. The van der Waals surface area contributed by atoms with E-state index >= 15 is 0 Å². The predicted octanol–water partition coefficient (Wildman–Crippen LogP) is 2.15. The Kier molecular flexibility index (Phi) is 3.83. The second kappa shape index (κ2) is 5.36. The van der Waals surface area contributed by atoms with Gasteiger partial charge >= 0.3 is 5.97 Å². The fraction of sp³-hybridized carbons (Fsp3) is 0.364. The quantitative estimate of drug-likeness (QED) is 0.511. The van der Waals surface area contributed by atoms with Gasteiger partial charge in [-0.2, -0.15) is 0 Å². The second-order valence-corrected chi connectivity index (χ2v) is 5.04. The van der Waals surface area contributed by atoms with Gasteiger partial charge in [-0.15, -0.1) is 0 Å². The minimum atomic E-state index is -0.876. The molecular formula is C11H12N2O4S. The van der Waals surface area contributed by atoms with E-state index in [9.17, 15) is 14.9 Å². The van der Waals surface area contributed by atoms with Crippen molar-refractivity contribution in [2.45, 2.75) is 23.8 Å². The minimum Gasteiger partial charge on any atom is -0.480 e. The standard InChI is InChI=1S/C11H12N2O4S/c14-11(15)9-5-3-7-12(9)18-10-6-2-1-4-8(10)13(16)17/h1-2,4,6,9H,3,5,7H2,(H,14,15). The first-order valence-electron chi connectivity index (χ1n) is 5.50. The van der Waals surface area contributed by atoms with Gasteiger partial charge in [-0.05, 0) is 30.9 Å². The Balaban J connectivity index is 2.19. The Labute approximate surface area is 108 Å². The number of nitro benzene ring substituents is 1. The van der Waals surface area contributed by atoms with Crippen molar-refractivity contribution in [2.24, 2.45) is 0 Å². The van der Waals surface area contributed by atoms with Gasteiger partial charge in [-0.1, -0.05) is 12.1 Å². The second-order valence-electron chi connectivity index (χ2n) is 3.95. The van der Waals surface area contributed by atoms with Crippen molar-refractivity contribution in [1.29, 1.82) is 0 Å². The molecule has 1 atom stereocenters. The molecule has 1 aliphatic rings. The highest BCUT2D eigenvalue weighted by Crippen LogP contribution is 2.35. The van der Waals surface area contributed by atoms with E-state index in [1.54, 1.807) is 22.5 Å². The zero-order valence-electron chi connectivity index (χ0n) is 9.48. The summed E-state index contributed by atoms with van der Waals surface area (Å²) in [6.45, 7) is 0.633. The van der Waals surface area contributed by atoms with Crippen molar-refractivity contribution in [1.82, 2.24) is 4.31 Å². The van der Waals surface area contributed by atoms with Gasteiger partial charge in [0.25, 0.3) is 5.69 Å². The third kappa shape index (κ3) is 2.62. The Morgan fingerprint density at radius 1 is 1.50 bits per heavy atom. The van der Waals surface area contributed by atoms with Crippen LogP contribution in [-0.4, -0.2) is 32.9 Å². The molecule has 0 bridgehead atoms. The Morgan fingerprint density at radius 3 is 2.89 bits per heavy atom. The number of aliphatic carboxylic acids is 1. The van der Waals surface area contributed by atoms with Crippen LogP contribution in [0.3, 0.4) is 0 Å². The molecule has 0 amide bonds. The summed E-state index contributed by atoms with van der Waals surface area (Å²) in [5.74, 6) is -0.876. The molecule has 0 radical (unpaired) electrons. The number of carboxylic acids is 1. The zero-order valence-corrected chi connectivity index (χ0v) is 10.3. The zero-order chi connectivity index (χ0) is 13.1. The van der Waals surface area contributed by atoms with E-state index in [2.05, 4.69) is 0 Å². The van der Waals surface area contributed by atoms with Crippen molar-refractivity contribution in [2.75, 3.05) is 6.54 Å². The highest BCUT2D eigenvalue weighted by molar-refractivity contribution is 7.97. The molecule has 7 heteroatoms. The largest absolute Gasteiger partial charge is 0.480 e. The van der Waals surface area contributed by atoms with E-state index in [1.807, 2.05) is 0 Å². The van der Waals surface area contributed by atoms with Crippen LogP contribution in [0.15, 0.2) is 29.2 Å². The summed E-state index contributed by atoms with van der Waals surface area (Å²) < 4.78 is 1.70. The fourth-order valence-electron chi connectivity index (χ4n) is 1.91. The van der Waals surface area contributed by atoms with Crippen LogP contribution in [0.25, 0.3) is 0 Å². The topological polar surface area (TPSA) is 83.7 Å². The van der Waals surface area contributed by atoms with Crippen molar-refractivity contribution in [3.63, 3.8) is 0 Å². The molecule has 0 spiro atoms. The maximum atomic E-state index is 11.0. The number of carbonyl (C=O) groups is 1. The molecule has 1 fully saturated rings. The van der Waals surface area contributed by atoms with Crippen LogP contribution in [0.5, 0.6) is 0 Å². The summed E-state index contributed by atoms with van der Waals surface area (Å²) in [4.78, 5) is 21.9. The van der Waals surface area contributed by atoms with Crippen LogP contribution in [0.1, 0.15) is 12.8 Å². The Hall–Kier alpha value is -1.60. The number of nitrogens with zero attached hydrogens (tertiary/aromatic N) is 2. The maximum Gasteiger partial charge on any atom is 0.321 e. The van der Waals surface area contributed by atoms with Crippen LogP contribution in [0.2, 0.25) is 0 Å². The fourth-order valence-corrected chi connectivity index (χ4v) is 3.08. The van der Waals surface area contributed by atoms with Crippen LogP contribution in [0.4, 0.5) is 5.69 Å². The summed E-state index contributed by atoms with van der Waals surface area (Å²) in [6, 6.07) is 5.81. The monoisotopic (exact) mass is 268 g/mol. The Bertz CT molecular complexity index is 480. The third-order valence-corrected chi connectivity index (χ3v) is 3.98. The number of hydrogen-bond donors (Lipinski definition) is 1. The van der Waals surface area contributed by atoms with Crippen molar-refractivity contribution in [3.05, 3.63) is 34.4 Å². The number of rotatable bonds is 4. The number of nitro groups is 1. The van der Waals surface area contributed by atoms with Crippen LogP contribution < -0.4 is 0 Å². The van der Waals surface area contributed by atoms with Gasteiger partial charge in [0, 0.05) is 12.6 Å². The normalized spacial score (nSPS) is 19.9. The number of hydrogen-bond acceptors (Lipinski definition) is 5. The molecule has 0 aliphatic carbocycles. The average Bonchev–Trinajstić information content (AvgIpc) is 2.77. The molecule has 1 saturated heterocycles. The third-order valence-electron chi connectivity index (χ3n) is 2.77. The number of benzene rings is 1. The van der Waals surface area contributed by atoms with Crippen LogP contribution in [0, 0.1) is 10.1 Å². The van der Waals surface area contributed by atoms with Crippen molar-refractivity contribution in [3.8, 4) is 0 Å². The first-order chi connectivity index (χ1) is 8.59. The van der Waals surface area contributed by atoms with E-state index in [0.717, 1.165) is 18.4 Å². The molecule has 0 aromatic heterocycles. The predicted molar refractivity (Wildman–Crippen MR) is 66.3 cm³/mol. The molecule has 1 aromatic carbocycles. The first kappa shape index (κ1) is 12.8. The van der Waals surface area contributed by atoms with Gasteiger partial charge < -0.3 is 5.11 Å². The lowest BCUT2D eigenvalue weighted by Crippen LogP contribution is -2.30. The van der Waals surface area contributed by atoms with Crippen LogP contribution in [-0.2, 0) is 4.79 Å². The molecule has 6 nitrogen and oxygen atoms in total. The van der Waals surface area contributed by atoms with Gasteiger partial charge in [0.2, 0.25) is 0 Å². The molecule has 1 N–H and O–H groups in total. The summed E-state index contributed by atoms with van der Waals surface area (Å²) >= 11 is 1.15. The smallest absolute Gasteiger partial charge is 0.321 e. The minimum absolute atomic E-state index is 0.0125. The molecule has 1 unspecified atom stereocenters. The van der Waals surface area contributed by atoms with Gasteiger partial charge in [-0.25, -0.2) is 4.31 Å². The Morgan fingerprint density at radius 2 is 2.22 bits per heavy atom. The molecule has 18 heavy (non-hydrogen) atoms. The number of para-hydroxylation sites is 1. The molecule has 1 aromatic rings. The summed E-state index contributed by atoms with van der Waals surface area (Å²) in [5, 5.41) is 19.9. The average molecular weight is 268 g/mol. The van der Waals surface area contributed by atoms with Gasteiger partial charge in [0.15, 0.2) is 0 Å². The van der Waals surface area contributed by atoms with E-state index in [4.69, 9.17) is 5.11 Å². The van der Waals surface area contributed by atoms with E-state index in [-0.39, 0.29) is 5.69 Å². The lowest BCUT2D eigenvalue weighted by Gasteiger charge is -2.19. The van der Waals surface area contributed by atoms with E-state index in [1.165, 1.54) is 6.07 Å². The summed E-state index contributed by atoms with van der Waals surface area (Å²) in [6.07, 6.45) is 1.38. The maximum absolute atomic E-state index is 11.0. The molecule has 2 rings (SSSR count). The van der Waals surface area contributed by atoms with Gasteiger partial charge in [0.05, 0.1) is 4.92 Å². The highest BCUT2D eigenvalue weighted by Gasteiger charge is 2.32. The lowest BCUT2D eigenvalue weighted by molar-refractivity contribution is -0.387. The van der Waals surface area contributed by atoms with Gasteiger partial charge in [0.1, 0.15) is 10.9 Å². The molecule has 1 heterocycles. The SMILES string of the molecule is O=C(O)C1CCCN1Sc1ccccc1[N+](=O)[O-]. The molecule has 96 valence electrons. The molecular weight excluding hydrogens is 256 g/mol. The van der Waals surface area contributed by atoms with E-state index in [0.29, 0.717) is 17.9 Å². The summed E-state index contributed by atoms with van der Waals surface area (Å²) in [5.41, 5.74) is 0.0125. The summed E-state index contributed by atoms with van der Waals surface area (Å²) in [7, 11) is 0. The van der Waals surface area contributed by atoms with Crippen LogP contribution >= 0.6 is 11.9 Å². The molecule has 1 aliphatic heterocycles. The van der Waals surface area contributed by atoms with Crippen molar-refractivity contribution < 1.29 is 14.8 Å². The lowest BCUT2D eigenvalue weighted by atomic mass is 10.2. The van der Waals surface area contributed by atoms with Gasteiger partial charge in [-0.3, -0.25) is 14.9 Å². The van der Waals surface area contributed by atoms with Crippen molar-refractivity contribution >= 4 is 23.6 Å². The van der Waals surface area contributed by atoms with E-state index < -0.39 is 16.9 Å². The molecule has 0 saturated carbocycles.